The van der Waals surface area contributed by atoms with E-state index in [0.29, 0.717) is 126 Å². The largest absolute Gasteiger partial charge is 0.335 e. The van der Waals surface area contributed by atoms with Crippen LogP contribution in [0.1, 0.15) is 75.8 Å². The Balaban J connectivity index is 0.000000134. The Morgan fingerprint density at radius 1 is 0.304 bits per heavy atom. The molecule has 2 amide bonds. The molecular formula is C112H98F6N28O2. The first kappa shape index (κ1) is 101. The normalized spacial score (nSPS) is 11.2. The lowest BCUT2D eigenvalue weighted by Gasteiger charge is -2.10. The Morgan fingerprint density at radius 2 is 0.676 bits per heavy atom. The molecule has 10 N–H and O–H groups in total. The number of hydrogen-bond donors (Lipinski definition) is 10. The van der Waals surface area contributed by atoms with Crippen molar-refractivity contribution in [2.24, 2.45) is 11.8 Å². The predicted molar refractivity (Wildman–Crippen MR) is 569 cm³/mol. The number of fused-ring (bicyclic) bond motifs is 8. The number of carbonyl (C=O) groups is 2. The second-order valence-electron chi connectivity index (χ2n) is 35.4. The molecule has 0 saturated heterocycles. The van der Waals surface area contributed by atoms with Crippen LogP contribution in [0.15, 0.2) is 281 Å². The summed E-state index contributed by atoms with van der Waals surface area (Å²) in [6, 6.07) is 49.3. The molecule has 0 spiro atoms. The lowest BCUT2D eigenvalue weighted by Crippen LogP contribution is -2.13. The van der Waals surface area contributed by atoms with Gasteiger partial charge < -0.3 is 35.5 Å². The number of pyridine rings is 9. The molecule has 740 valence electrons. The van der Waals surface area contributed by atoms with Crippen molar-refractivity contribution in [1.82, 2.24) is 130 Å². The Kier molecular flexibility index (Phi) is 29.3. The summed E-state index contributed by atoms with van der Waals surface area (Å²) >= 11 is 0. The summed E-state index contributed by atoms with van der Waals surface area (Å²) in [5.41, 5.74) is 25.3. The number of nitrogens with one attached hydrogen (secondary N) is 10. The number of carbonyl (C=O) groups excluding carboxylic acids is 2. The van der Waals surface area contributed by atoms with E-state index >= 15 is 0 Å². The van der Waals surface area contributed by atoms with Gasteiger partial charge in [0.15, 0.2) is 46.6 Å². The topological polar surface area (TPSA) is 407 Å². The minimum Gasteiger partial charge on any atom is -0.335 e. The Morgan fingerprint density at radius 3 is 1.10 bits per heavy atom. The highest BCUT2D eigenvalue weighted by Gasteiger charge is 2.26. The second-order valence-corrected chi connectivity index (χ2v) is 35.4. The van der Waals surface area contributed by atoms with Gasteiger partial charge in [0, 0.05) is 165 Å². The van der Waals surface area contributed by atoms with E-state index in [0.717, 1.165) is 146 Å². The highest BCUT2D eigenvalue weighted by atomic mass is 19.2. The van der Waals surface area contributed by atoms with E-state index in [9.17, 15) is 35.9 Å². The van der Waals surface area contributed by atoms with E-state index < -0.39 is 29.1 Å². The number of anilines is 2. The highest BCUT2D eigenvalue weighted by molar-refractivity contribution is 6.04. The average Bonchev–Trinajstić information content (AvgIpc) is 1.62. The molecule has 30 nitrogen and oxygen atoms in total. The van der Waals surface area contributed by atoms with E-state index in [-0.39, 0.29) is 64.7 Å². The van der Waals surface area contributed by atoms with Crippen LogP contribution in [0.3, 0.4) is 0 Å². The van der Waals surface area contributed by atoms with Gasteiger partial charge in [-0.3, -0.25) is 74.8 Å². The lowest BCUT2D eigenvalue weighted by atomic mass is 10.0. The molecular weight excluding hydrogens is 1880 g/mol. The van der Waals surface area contributed by atoms with Crippen LogP contribution in [-0.4, -0.2) is 156 Å². The van der Waals surface area contributed by atoms with Crippen molar-refractivity contribution in [3.8, 4) is 135 Å². The number of aromatic nitrogens is 25. The molecule has 0 fully saturated rings. The van der Waals surface area contributed by atoms with Gasteiger partial charge in [0.05, 0.1) is 110 Å². The SMILES string of the molecule is C.C.C.C.CC(C)CC(=O)Nc1cncc(-c2ccc3[nH]nc(-c4nc5c(-c6ccc(F)c(F)c6)cncc5[nH]4)c3c2)c1.CC(C)CC(=O)Nc1cncc(-c2ccc3[nH]nc(-c4nc5c(-c6cccc(F)c6F)cncc5[nH]4)c3c2)c1.CN(C)Cc1cncc(-c2ccc3[nH]nc(-c4nc5c(-c6cncc(F)c6)cncc5[nH]4)c3c2)c1.Fc1cccc(-c2cncc3[nH]c(-c4n[nH]c5ccc(-c6cccnc6)cc45)nc23)c1. The molecule has 7 aromatic carbocycles. The zero-order chi connectivity index (χ0) is 98.9. The fraction of sp³-hybridized carbons (Fsp3) is 0.134. The zero-order valence-electron chi connectivity index (χ0n) is 77.5. The molecule has 24 aromatic rings. The number of hydrogen-bond acceptors (Lipinski definition) is 20. The molecule has 0 radical (unpaired) electrons. The number of halogens is 6. The van der Waals surface area contributed by atoms with Crippen molar-refractivity contribution in [3.05, 3.63) is 322 Å². The maximum atomic E-state index is 14.6. The van der Waals surface area contributed by atoms with E-state index in [1.54, 1.807) is 86.6 Å². The monoisotopic (exact) mass is 1980 g/mol. The van der Waals surface area contributed by atoms with Gasteiger partial charge in [0.1, 0.15) is 45.4 Å². The van der Waals surface area contributed by atoms with Crippen LogP contribution in [0.2, 0.25) is 0 Å². The van der Waals surface area contributed by atoms with Gasteiger partial charge in [-0.1, -0.05) is 118 Å². The van der Waals surface area contributed by atoms with Crippen LogP contribution in [-0.2, 0) is 16.1 Å². The van der Waals surface area contributed by atoms with Gasteiger partial charge in [-0.05, 0) is 174 Å². The van der Waals surface area contributed by atoms with Gasteiger partial charge in [0.2, 0.25) is 11.8 Å². The molecule has 0 aliphatic rings. The molecule has 0 atom stereocenters. The van der Waals surface area contributed by atoms with Crippen LogP contribution >= 0.6 is 0 Å². The van der Waals surface area contributed by atoms with Crippen molar-refractivity contribution in [3.63, 3.8) is 0 Å². The minimum atomic E-state index is -0.956. The van der Waals surface area contributed by atoms with Gasteiger partial charge in [-0.15, -0.1) is 0 Å². The molecule has 36 heteroatoms. The van der Waals surface area contributed by atoms with Gasteiger partial charge in [-0.2, -0.15) is 20.4 Å². The number of rotatable bonds is 20. The number of benzene rings is 7. The summed E-state index contributed by atoms with van der Waals surface area (Å²) in [6.07, 6.45) is 30.7. The van der Waals surface area contributed by atoms with Gasteiger partial charge >= 0.3 is 0 Å². The van der Waals surface area contributed by atoms with Crippen molar-refractivity contribution in [2.45, 2.75) is 76.8 Å². The quantitative estimate of drug-likeness (QED) is 0.0317. The van der Waals surface area contributed by atoms with Crippen LogP contribution in [0.4, 0.5) is 37.7 Å². The molecule has 0 saturated carbocycles. The molecule has 0 aliphatic heterocycles. The molecule has 24 rings (SSSR count). The number of imidazole rings is 4. The number of H-pyrrole nitrogens is 8. The fourth-order valence-electron chi connectivity index (χ4n) is 17.2. The van der Waals surface area contributed by atoms with Crippen LogP contribution in [0, 0.1) is 46.7 Å². The summed E-state index contributed by atoms with van der Waals surface area (Å²) in [4.78, 5) is 97.0. The molecule has 148 heavy (non-hydrogen) atoms. The molecule has 17 heterocycles. The van der Waals surface area contributed by atoms with Gasteiger partial charge in [0.25, 0.3) is 0 Å². The molecule has 17 aromatic heterocycles. The van der Waals surface area contributed by atoms with E-state index in [4.69, 9.17) is 19.9 Å². The van der Waals surface area contributed by atoms with Gasteiger partial charge in [-0.25, -0.2) is 46.3 Å². The average molecular weight is 1980 g/mol. The standard InChI is InChI=1S/2C29H23F2N7O.C26H21FN8.C24H15FN6.4CH4/c1-15(2)7-26(39)34-19-8-18(11-32-12-19)16-4-6-24-20(9-16)28(38-37-24)29-35-25-14-33-13-21(27(25)36-29)17-3-5-22(30)23(31)10-17;1-15(2)8-25(39)34-18-9-17(11-32-12-18)16-6-7-23-20(10-16)28(38-37-23)29-35-24-14-33-13-21(27(24)36-29)19-4-3-5-22(30)26(19)31;1-35(2)14-15-5-17(9-28-8-15)16-3-4-22-20(7-16)25(34-33-22)26-31-23-13-30-12-21(24(23)32-26)18-6-19(27)11-29-10-18;25-17-5-1-3-15(9-17)19-12-27-13-21-22(19)29-24(28-21)23-18-10-14(6-7-20(18)30-31-23)16-4-2-8-26-11-16;;;;/h3-6,8-15H,7H2,1-2H3,(H,34,39)(H,35,36)(H,37,38);3-7,9-15H,8H2,1-2H3,(H,34,39)(H,35,36)(H,37,38);3-13H,14H2,1-2H3,(H,31,32)(H,33,34);1-13H,(H,28,29)(H,30,31);4*1H4. The van der Waals surface area contributed by atoms with Crippen molar-refractivity contribution < 1.29 is 35.9 Å². The van der Waals surface area contributed by atoms with Crippen LogP contribution < -0.4 is 10.6 Å². The summed E-state index contributed by atoms with van der Waals surface area (Å²) in [7, 11) is 4.07. The van der Waals surface area contributed by atoms with Crippen molar-refractivity contribution in [1.29, 1.82) is 0 Å². The van der Waals surface area contributed by atoms with Crippen LogP contribution in [0.5, 0.6) is 0 Å². The van der Waals surface area contributed by atoms with E-state index in [2.05, 4.69) is 145 Å². The van der Waals surface area contributed by atoms with Crippen LogP contribution in [0.25, 0.3) is 223 Å². The van der Waals surface area contributed by atoms with Crippen molar-refractivity contribution in [2.75, 3.05) is 24.7 Å². The number of nitrogens with zero attached hydrogens (tertiary/aromatic N) is 18. The predicted octanol–water partition coefficient (Wildman–Crippen LogP) is 25.7. The molecule has 0 aliphatic carbocycles. The Hall–Kier alpha value is -18.9. The number of aromatic amines is 8. The van der Waals surface area contributed by atoms with Crippen molar-refractivity contribution >= 4 is 111 Å². The summed E-state index contributed by atoms with van der Waals surface area (Å²) < 4.78 is 83.5. The maximum absolute atomic E-state index is 14.6. The first-order valence-corrected chi connectivity index (χ1v) is 45.6. The third-order valence-corrected chi connectivity index (χ3v) is 23.9. The lowest BCUT2D eigenvalue weighted by molar-refractivity contribution is -0.117. The minimum absolute atomic E-state index is 0. The summed E-state index contributed by atoms with van der Waals surface area (Å²) in [6.45, 7) is 8.79. The zero-order valence-corrected chi connectivity index (χ0v) is 77.5. The first-order chi connectivity index (χ1) is 70.0. The highest BCUT2D eigenvalue weighted by Crippen LogP contribution is 2.41. The Labute approximate surface area is 842 Å². The third-order valence-electron chi connectivity index (χ3n) is 23.9. The number of amides is 2. The van der Waals surface area contributed by atoms with E-state index in [1.807, 2.05) is 145 Å². The summed E-state index contributed by atoms with van der Waals surface area (Å²) in [5.74, 6) is -1.91. The summed E-state index contributed by atoms with van der Waals surface area (Å²) in [5, 5.41) is 39.5. The smallest absolute Gasteiger partial charge is 0.224 e. The molecule has 0 unspecified atom stereocenters. The first-order valence-electron chi connectivity index (χ1n) is 45.6. The maximum Gasteiger partial charge on any atom is 0.224 e. The third kappa shape index (κ3) is 21.0. The fourth-order valence-corrected chi connectivity index (χ4v) is 17.2. The second kappa shape index (κ2) is 43.1. The van der Waals surface area contributed by atoms with E-state index in [1.165, 1.54) is 48.8 Å². The molecule has 0 bridgehead atoms. The Bertz CT molecular complexity index is 9010.